The van der Waals surface area contributed by atoms with Gasteiger partial charge >= 0.3 is 72.7 Å². The number of unbranched alkanes of at least 4 members (excludes halogenated alkanes) is 10. The second-order valence-corrected chi connectivity index (χ2v) is 58.8. The average Bonchev–Trinajstić information content (AvgIpc) is 0.650. The summed E-state index contributed by atoms with van der Waals surface area (Å²) in [5, 5.41) is -12.8. The number of hydrogen-bond acceptors (Lipinski definition) is 15. The molecule has 20 heteroatoms. The maximum atomic E-state index is 20.4. The third kappa shape index (κ3) is 23.2. The van der Waals surface area contributed by atoms with Crippen molar-refractivity contribution in [1.82, 2.24) is 0 Å². The number of ether oxygens (including phenoxy) is 5. The van der Waals surface area contributed by atoms with Gasteiger partial charge < -0.3 is 44.3 Å². The Morgan fingerprint density at radius 1 is 0.187 bits per heavy atom. The zero-order valence-electron chi connectivity index (χ0n) is 88.2. The summed E-state index contributed by atoms with van der Waals surface area (Å²) >= 11 is 0. The van der Waals surface area contributed by atoms with Gasteiger partial charge in [0.15, 0.2) is 0 Å². The molecule has 0 N–H and O–H groups in total. The van der Waals surface area contributed by atoms with Crippen LogP contribution in [0.15, 0.2) is 425 Å². The minimum Gasteiger partial charge on any atom is -0.426 e. The molecule has 15 aromatic rings. The highest BCUT2D eigenvalue weighted by Gasteiger charge is 2.88. The number of carbonyl (C=O) groups is 5. The summed E-state index contributed by atoms with van der Waals surface area (Å²) in [5.41, 5.74) is 10.2. The Kier molecular flexibility index (Phi) is 36.4. The lowest BCUT2D eigenvalue weighted by atomic mass is 9.90. The van der Waals surface area contributed by atoms with Crippen molar-refractivity contribution in [3.63, 3.8) is 0 Å². The van der Waals surface area contributed by atoms with Crippen molar-refractivity contribution in [2.24, 2.45) is 0 Å². The molecule has 150 heavy (non-hydrogen) atoms. The van der Waals surface area contributed by atoms with Gasteiger partial charge in [0.2, 0.25) is 0 Å². The fraction of sp³-hybridized carbons (Fsp3) is 0.269. The van der Waals surface area contributed by atoms with Gasteiger partial charge in [-0.2, -0.15) is 0 Å². The summed E-state index contributed by atoms with van der Waals surface area (Å²) in [4.78, 5) is 99.7. The van der Waals surface area contributed by atoms with Crippen LogP contribution in [0.25, 0.3) is 55.6 Å². The van der Waals surface area contributed by atoms with Gasteiger partial charge in [0, 0.05) is 0 Å². The van der Waals surface area contributed by atoms with E-state index in [0.29, 0.717) is 87.3 Å². The van der Waals surface area contributed by atoms with Gasteiger partial charge in [0.05, 0.1) is 0 Å². The highest BCUT2D eigenvalue weighted by molar-refractivity contribution is 7.01. The van der Waals surface area contributed by atoms with E-state index in [0.717, 1.165) is 55.6 Å². The van der Waals surface area contributed by atoms with Crippen molar-refractivity contribution in [1.29, 1.82) is 0 Å². The molecule has 6 unspecified atom stereocenters. The SMILES string of the molecule is CCCCCC(C(=O)Oc1ccc(-c2ccccc2)cc1)(c1ccccc1)[Si]1(C)O[Si](C)(C)O[Si](C)(C)O[Si](C(CCCCC)(C(=O)Oc2ccc(-c3ccccc3)cc2)c2ccccc2)(C(CCCCC)(C(=O)Oc2ccc(-c3ccccc3)cc2)c2ccccc2)O[Si](C(CCCCC)(C(=O)Oc2ccc(-c3ccccc3)cc2)c2ccccc2)(C(CCCCC)(C(=O)Oc2ccc(-c3ccccc3)cc2)c2ccccc2)O1. The van der Waals surface area contributed by atoms with E-state index in [4.69, 9.17) is 31.9 Å². The van der Waals surface area contributed by atoms with Gasteiger partial charge in [0.1, 0.15) is 53.9 Å². The maximum absolute atomic E-state index is 20.4. The quantitative estimate of drug-likeness (QED) is 0.0152. The van der Waals surface area contributed by atoms with Crippen LogP contribution in [-0.4, -0.2) is 72.7 Å². The fourth-order valence-corrected chi connectivity index (χ4v) is 56.0. The van der Waals surface area contributed by atoms with Gasteiger partial charge in [-0.3, -0.25) is 24.0 Å². The molecule has 0 aromatic heterocycles. The summed E-state index contributed by atoms with van der Waals surface area (Å²) in [7, 11) is -29.0. The van der Waals surface area contributed by atoms with E-state index >= 15 is 24.0 Å². The van der Waals surface area contributed by atoms with Gasteiger partial charge in [-0.15, -0.1) is 0 Å². The van der Waals surface area contributed by atoms with Crippen LogP contribution >= 0.6 is 0 Å². The summed E-state index contributed by atoms with van der Waals surface area (Å²) < 4.78 is 87.0. The van der Waals surface area contributed by atoms with Gasteiger partial charge in [-0.25, -0.2) is 0 Å². The predicted octanol–water partition coefficient (Wildman–Crippen LogP) is 32.1. The van der Waals surface area contributed by atoms with Crippen molar-refractivity contribution in [2.75, 3.05) is 0 Å². The van der Waals surface area contributed by atoms with Gasteiger partial charge in [-0.1, -0.05) is 495 Å². The van der Waals surface area contributed by atoms with E-state index in [2.05, 4.69) is 34.6 Å². The van der Waals surface area contributed by atoms with Crippen LogP contribution in [0.4, 0.5) is 0 Å². The largest absolute Gasteiger partial charge is 0.426 e. The van der Waals surface area contributed by atoms with Gasteiger partial charge in [-0.05, 0) is 209 Å². The van der Waals surface area contributed by atoms with Crippen LogP contribution in [0.2, 0.25) is 32.7 Å². The number of carbonyl (C=O) groups excluding carboxylic acids is 5. The molecule has 1 heterocycles. The minimum atomic E-state index is -7.05. The Hall–Kier alpha value is -13.5. The molecular weight excluding hydrogens is 1940 g/mol. The Labute approximate surface area is 892 Å². The molecule has 1 aliphatic heterocycles. The summed E-state index contributed by atoms with van der Waals surface area (Å²) in [6.45, 7) is 20.2. The van der Waals surface area contributed by atoms with Crippen LogP contribution in [0.5, 0.6) is 28.7 Å². The normalized spacial score (nSPS) is 18.0. The molecule has 1 saturated heterocycles. The monoisotopic (exact) mass is 2080 g/mol. The minimum absolute atomic E-state index is 0.0666. The molecule has 15 nitrogen and oxygen atoms in total. The van der Waals surface area contributed by atoms with E-state index in [-0.39, 0.29) is 97.7 Å². The van der Waals surface area contributed by atoms with Crippen molar-refractivity contribution in [3.8, 4) is 84.4 Å². The molecule has 1 aliphatic rings. The Morgan fingerprint density at radius 2 is 0.353 bits per heavy atom. The van der Waals surface area contributed by atoms with Crippen LogP contribution in [0.1, 0.15) is 191 Å². The molecule has 1 fully saturated rings. The van der Waals surface area contributed by atoms with Crippen LogP contribution < -0.4 is 23.7 Å². The first-order chi connectivity index (χ1) is 72.9. The highest BCUT2D eigenvalue weighted by atomic mass is 28.5. The van der Waals surface area contributed by atoms with Crippen LogP contribution in [-0.2, 0) is 69.7 Å². The molecular formula is C130H140O15Si5. The lowest BCUT2D eigenvalue weighted by Crippen LogP contribution is -2.90. The molecule has 0 spiro atoms. The smallest absolute Gasteiger partial charge is 0.365 e. The lowest BCUT2D eigenvalue weighted by Gasteiger charge is -2.65. The van der Waals surface area contributed by atoms with Crippen LogP contribution in [0, 0.1) is 0 Å². The standard InChI is InChI=1S/C130H140O15Si5/c1-11-16-51-96-126(111-66-41-26-42-67-111,121(131)136-116-86-76-106(77-87-116)101-56-31-21-32-57-101)148(10)142-146(6,7)141-147(8,9)143-149(127(97-52-17-12-2,112-68-43-27-44-69-112)122(132)137-117-88-78-107(79-89-117)102-58-33-22-34-59-102,128(98-53-18-13-3,113-70-45-28-46-71-113)123(133)138-118-90-80-108(81-91-118)103-60-35-23-36-61-103)145-150(144-148,129(99-54-19-14-4,114-72-47-29-48-73-114)124(134)139-119-92-82-109(83-93-119)104-62-37-24-38-63-104)130(100-55-20-15-5,115-74-49-30-50-75-115)125(135)140-120-94-84-110(85-95-120)105-64-39-25-40-65-105/h21-50,56-95H,11-20,51-55,96-100H2,1-10H3. The molecule has 0 saturated carbocycles. The molecule has 0 radical (unpaired) electrons. The maximum Gasteiger partial charge on any atom is 0.365 e. The highest BCUT2D eigenvalue weighted by Crippen LogP contribution is 2.65. The second-order valence-electron chi connectivity index (χ2n) is 40.5. The Balaban J connectivity index is 1.21. The molecule has 15 aromatic carbocycles. The summed E-state index contributed by atoms with van der Waals surface area (Å²) in [6, 6.07) is 135. The van der Waals surface area contributed by atoms with E-state index < -0.39 is 97.8 Å². The number of hydrogen-bond donors (Lipinski definition) is 0. The van der Waals surface area contributed by atoms with Gasteiger partial charge in [0.25, 0.3) is 0 Å². The van der Waals surface area contributed by atoms with E-state index in [1.807, 2.05) is 397 Å². The predicted molar refractivity (Wildman–Crippen MR) is 612 cm³/mol. The lowest BCUT2D eigenvalue weighted by molar-refractivity contribution is -0.142. The molecule has 16 rings (SSSR count). The van der Waals surface area contributed by atoms with E-state index in [1.165, 1.54) is 0 Å². The van der Waals surface area contributed by atoms with E-state index in [9.17, 15) is 12.3 Å². The Morgan fingerprint density at radius 3 is 0.560 bits per heavy atom. The average molecular weight is 2080 g/mol. The fourth-order valence-electron chi connectivity index (χ4n) is 22.6. The molecule has 0 aliphatic carbocycles. The number of benzene rings is 15. The summed E-state index contributed by atoms with van der Waals surface area (Å²) in [6.07, 6.45) is 5.27. The first kappa shape index (κ1) is 109. The van der Waals surface area contributed by atoms with Crippen molar-refractivity contribution in [2.45, 2.75) is 221 Å². The topological polar surface area (TPSA) is 178 Å². The zero-order chi connectivity index (χ0) is 105. The summed E-state index contributed by atoms with van der Waals surface area (Å²) in [5.74, 6) is -3.87. The van der Waals surface area contributed by atoms with Crippen molar-refractivity contribution >= 4 is 72.7 Å². The third-order valence-corrected chi connectivity index (χ3v) is 55.0. The van der Waals surface area contributed by atoms with Crippen molar-refractivity contribution in [3.05, 3.63) is 452 Å². The first-order valence-corrected chi connectivity index (χ1v) is 65.2. The number of esters is 5. The molecule has 0 amide bonds. The van der Waals surface area contributed by atoms with Crippen molar-refractivity contribution < 1.29 is 68.2 Å². The van der Waals surface area contributed by atoms with E-state index in [1.54, 1.807) is 60.7 Å². The molecule has 0 bridgehead atoms. The molecule has 6 atom stereocenters. The molecule has 770 valence electrons. The zero-order valence-corrected chi connectivity index (χ0v) is 93.2. The van der Waals surface area contributed by atoms with Crippen LogP contribution in [0.3, 0.4) is 0 Å². The Bertz CT molecular complexity index is 6550. The first-order valence-electron chi connectivity index (χ1n) is 53.6. The second kappa shape index (κ2) is 50.0. The third-order valence-electron chi connectivity index (χ3n) is 29.7. The number of rotatable bonds is 45.